The van der Waals surface area contributed by atoms with Crippen molar-refractivity contribution in [3.05, 3.63) is 48.0 Å². The van der Waals surface area contributed by atoms with E-state index in [1.807, 2.05) is 0 Å². The number of aliphatic carboxylic acids is 1. The van der Waals surface area contributed by atoms with E-state index in [1.165, 1.54) is 103 Å². The molecule has 15 atom stereocenters. The molecular weight excluding hydrogens is 1560 g/mol. The van der Waals surface area contributed by atoms with Crippen molar-refractivity contribution in [1.29, 1.82) is 5.41 Å². The summed E-state index contributed by atoms with van der Waals surface area (Å²) >= 11 is 0. The lowest BCUT2D eigenvalue weighted by molar-refractivity contribution is -0.141. The van der Waals surface area contributed by atoms with Gasteiger partial charge in [0.1, 0.15) is 78.3 Å². The first kappa shape index (κ1) is 105. The summed E-state index contributed by atoms with van der Waals surface area (Å²) in [7, 11) is 0. The highest BCUT2D eigenvalue weighted by Gasteiger charge is 2.39. The average molecular weight is 1700 g/mol. The van der Waals surface area contributed by atoms with Gasteiger partial charge in [-0.15, -0.1) is 0 Å². The van der Waals surface area contributed by atoms with Crippen molar-refractivity contribution in [2.75, 3.05) is 13.2 Å². The number of carboxylic acid groups (broad SMARTS) is 1. The highest BCUT2D eigenvalue weighted by molar-refractivity contribution is 6.01. The Labute approximate surface area is 701 Å². The number of carbonyl (C=O) groups is 16. The van der Waals surface area contributed by atoms with E-state index < -0.39 is 216 Å². The average Bonchev–Trinajstić information content (AvgIpc) is 1.56. The summed E-state index contributed by atoms with van der Waals surface area (Å²) in [5.74, 6) is -17.8. The number of guanidine groups is 1. The summed E-state index contributed by atoms with van der Waals surface area (Å²) in [6.07, 6.45) is 12.8. The van der Waals surface area contributed by atoms with Crippen molar-refractivity contribution in [2.45, 2.75) is 315 Å². The minimum atomic E-state index is -1.89. The van der Waals surface area contributed by atoms with Gasteiger partial charge in [-0.05, 0) is 95.2 Å². The van der Waals surface area contributed by atoms with E-state index in [0.717, 1.165) is 39.0 Å². The predicted octanol–water partition coefficient (Wildman–Crippen LogP) is -1.26. The first-order chi connectivity index (χ1) is 56.6. The number of aliphatic hydroxyl groups excluding tert-OH is 2. The molecule has 0 fully saturated rings. The Balaban J connectivity index is 2.37. The zero-order valence-electron chi connectivity index (χ0n) is 71.2. The second-order valence-electron chi connectivity index (χ2n) is 31.4. The first-order valence-corrected chi connectivity index (χ1v) is 41.5. The molecular formula is C80H134N20O20. The largest absolute Gasteiger partial charge is 0.508 e. The lowest BCUT2D eigenvalue weighted by atomic mass is 9.96. The van der Waals surface area contributed by atoms with Gasteiger partial charge in [-0.1, -0.05) is 144 Å². The molecule has 26 N–H and O–H groups in total. The topological polar surface area (TPSA) is 653 Å². The number of hydrogen-bond donors (Lipinski definition) is 23. The molecule has 1 aromatic heterocycles. The van der Waals surface area contributed by atoms with Crippen LogP contribution in [0.25, 0.3) is 0 Å². The van der Waals surface area contributed by atoms with Crippen LogP contribution in [0, 0.1) is 23.2 Å². The van der Waals surface area contributed by atoms with Crippen LogP contribution >= 0.6 is 0 Å². The lowest BCUT2D eigenvalue weighted by Gasteiger charge is -2.30. The molecule has 40 heteroatoms. The van der Waals surface area contributed by atoms with Gasteiger partial charge < -0.3 is 117 Å². The van der Waals surface area contributed by atoms with E-state index in [4.69, 9.17) is 22.6 Å². The number of unbranched alkanes of at least 4 members (excludes halogenated alkanes) is 12. The van der Waals surface area contributed by atoms with Crippen molar-refractivity contribution in [1.82, 2.24) is 84.4 Å². The Hall–Kier alpha value is -11.1. The molecule has 40 nitrogen and oxygen atoms in total. The fraction of sp³-hybridized carbons (Fsp3) is 0.675. The van der Waals surface area contributed by atoms with E-state index >= 15 is 0 Å². The number of amides is 15. The van der Waals surface area contributed by atoms with Crippen LogP contribution in [0.2, 0.25) is 0 Å². The molecule has 120 heavy (non-hydrogen) atoms. The number of aliphatic hydroxyl groups is 2. The van der Waals surface area contributed by atoms with Crippen molar-refractivity contribution >= 4 is 101 Å². The molecule has 15 amide bonds. The molecule has 0 bridgehead atoms. The zero-order valence-corrected chi connectivity index (χ0v) is 71.2. The van der Waals surface area contributed by atoms with Gasteiger partial charge in [0.25, 0.3) is 0 Å². The smallest absolute Gasteiger partial charge is 0.305 e. The number of imidazole rings is 1. The van der Waals surface area contributed by atoms with Crippen LogP contribution in [-0.2, 0) is 89.6 Å². The molecule has 0 radical (unpaired) electrons. The summed E-state index contributed by atoms with van der Waals surface area (Å²) in [6.45, 7) is 16.4. The number of carbonyl (C=O) groups excluding carboxylic acids is 15. The van der Waals surface area contributed by atoms with Gasteiger partial charge >= 0.3 is 5.97 Å². The van der Waals surface area contributed by atoms with Gasteiger partial charge in [0.2, 0.25) is 88.6 Å². The van der Waals surface area contributed by atoms with E-state index in [0.29, 0.717) is 17.7 Å². The maximum atomic E-state index is 14.7. The number of nitrogens with zero attached hydrogens (tertiary/aromatic N) is 1. The molecule has 1 heterocycles. The molecule has 0 aliphatic heterocycles. The van der Waals surface area contributed by atoms with Crippen molar-refractivity contribution < 1.29 is 97.1 Å². The van der Waals surface area contributed by atoms with Crippen LogP contribution in [0.3, 0.4) is 0 Å². The van der Waals surface area contributed by atoms with Crippen LogP contribution < -0.4 is 91.6 Å². The number of nitrogens with two attached hydrogens (primary N) is 3. The Bertz CT molecular complexity index is 3640. The van der Waals surface area contributed by atoms with Crippen molar-refractivity contribution in [3.8, 4) is 5.75 Å². The number of rotatable bonds is 61. The molecule has 0 aliphatic carbocycles. The normalized spacial score (nSPS) is 15.0. The lowest BCUT2D eigenvalue weighted by Crippen LogP contribution is -2.62. The molecule has 0 spiro atoms. The summed E-state index contributed by atoms with van der Waals surface area (Å²) < 4.78 is 0. The SMILES string of the molecule is CCCCCCCCCCCCCCCC(=O)N[C@@H](CC(=O)O)C(=O)N[C@@H](CCCNC(=N)N)C(=O)N[C@@H](Cc1ccc(O)cc1)C(=O)N[C@@H](CC(C)C)C(=O)N[C@@H](C)C(=O)N[C@H](C(=O)N[C@H](C(=O)N[C@@H](Cc1cnc[nH]1)C(=O)N[C@@H](C)C(=O)N[C@H](C(=O)N[C@@H](CC(N)=O)C(=O)N[C@@H](CO)C(=O)N[C@H](C)CCC(N)=O)[C@@H](C)O)C(C)C)[C@@H](C)CC. The Morgan fingerprint density at radius 3 is 1.41 bits per heavy atom. The quantitative estimate of drug-likeness (QED) is 0.0209. The van der Waals surface area contributed by atoms with Crippen LogP contribution in [0.15, 0.2) is 36.8 Å². The standard InChI is InChI=1S/C80H134N20O20/c1-12-14-15-16-17-18-19-20-21-22-23-24-25-28-63(106)91-59(40-64(107)108)75(116)92-54(27-26-35-86-80(83)84)70(111)94-56(37-51-30-32-53(103)33-31-51)73(114)93-55(36-44(3)4)71(112)89-48(9)68(109)99-66(46(7)13-2)78(119)98-65(45(5)6)77(118)95-57(38-52-41-85-43-87-52)72(113)90-49(10)69(110)100-67(50(11)102)79(120)96-58(39-62(82)105)74(115)97-60(42-101)76(117)88-47(8)29-34-61(81)104/h30-33,41,43-50,54-60,65-67,101-103H,12-29,34-40,42H2,1-11H3,(H2,81,104)(H2,82,105)(H,85,87)(H,88,117)(H,89,112)(H,90,113)(H,91,106)(H,92,116)(H,93,114)(H,94,111)(H,95,118)(H,96,120)(H,97,115)(H,98,119)(H,99,109)(H,100,110)(H,107,108)(H4,83,84,86)/t46-,47+,48-,49-,50+,54-,55-,56-,57-,58-,59-,60-,65-,66-,67-/m0/s1. The highest BCUT2D eigenvalue weighted by atomic mass is 16.4. The monoisotopic (exact) mass is 1700 g/mol. The number of phenolic OH excluding ortho intramolecular Hbond substituents is 1. The number of aromatic amines is 1. The Morgan fingerprint density at radius 1 is 0.458 bits per heavy atom. The van der Waals surface area contributed by atoms with E-state index in [-0.39, 0.29) is 76.0 Å². The third-order valence-electron chi connectivity index (χ3n) is 19.8. The number of primary amides is 2. The highest BCUT2D eigenvalue weighted by Crippen LogP contribution is 2.18. The fourth-order valence-corrected chi connectivity index (χ4v) is 12.5. The number of carboxylic acids is 1. The number of aromatic hydroxyl groups is 1. The Morgan fingerprint density at radius 2 is 0.908 bits per heavy atom. The zero-order chi connectivity index (χ0) is 90.3. The minimum absolute atomic E-state index is 0.0117. The number of H-pyrrole nitrogens is 1. The molecule has 2 rings (SSSR count). The summed E-state index contributed by atoms with van der Waals surface area (Å²) in [6, 6.07) is -13.8. The summed E-state index contributed by atoms with van der Waals surface area (Å²) in [4.78, 5) is 225. The molecule has 1 aromatic carbocycles. The van der Waals surface area contributed by atoms with Gasteiger partial charge in [0.15, 0.2) is 5.96 Å². The summed E-state index contributed by atoms with van der Waals surface area (Å²) in [5.41, 5.74) is 16.8. The number of phenols is 1. The van der Waals surface area contributed by atoms with Crippen molar-refractivity contribution in [3.63, 3.8) is 0 Å². The minimum Gasteiger partial charge on any atom is -0.508 e. The fourth-order valence-electron chi connectivity index (χ4n) is 12.5. The van der Waals surface area contributed by atoms with Crippen LogP contribution in [0.1, 0.15) is 229 Å². The van der Waals surface area contributed by atoms with Gasteiger partial charge in [-0.3, -0.25) is 82.1 Å². The number of nitrogens with one attached hydrogen (secondary N) is 16. The second kappa shape index (κ2) is 56.4. The third kappa shape index (κ3) is 42.1. The van der Waals surface area contributed by atoms with Gasteiger partial charge in [0, 0.05) is 50.2 Å². The van der Waals surface area contributed by atoms with Gasteiger partial charge in [-0.2, -0.15) is 0 Å². The van der Waals surface area contributed by atoms with Crippen molar-refractivity contribution in [2.24, 2.45) is 35.0 Å². The molecule has 674 valence electrons. The molecule has 0 saturated heterocycles. The predicted molar refractivity (Wildman–Crippen MR) is 443 cm³/mol. The maximum Gasteiger partial charge on any atom is 0.305 e. The molecule has 2 aromatic rings. The van der Waals surface area contributed by atoms with Gasteiger partial charge in [-0.25, -0.2) is 4.98 Å². The Kier molecular flexibility index (Phi) is 49.4. The number of benzene rings is 1. The molecule has 0 aliphatic rings. The third-order valence-corrected chi connectivity index (χ3v) is 19.8. The maximum absolute atomic E-state index is 14.7. The first-order valence-electron chi connectivity index (χ1n) is 41.5. The van der Waals surface area contributed by atoms with E-state index in [9.17, 15) is 97.1 Å². The van der Waals surface area contributed by atoms with Crippen LogP contribution in [-0.4, -0.2) is 229 Å². The second-order valence-corrected chi connectivity index (χ2v) is 31.4. The van der Waals surface area contributed by atoms with E-state index in [1.54, 1.807) is 41.5 Å². The summed E-state index contributed by atoms with van der Waals surface area (Å²) in [5, 5.41) is 83.5. The van der Waals surface area contributed by atoms with E-state index in [2.05, 4.69) is 91.3 Å². The van der Waals surface area contributed by atoms with Crippen LogP contribution in [0.5, 0.6) is 5.75 Å². The van der Waals surface area contributed by atoms with Gasteiger partial charge in [0.05, 0.1) is 31.9 Å². The number of hydrogen-bond acceptors (Lipinski definition) is 21. The molecule has 0 saturated carbocycles. The van der Waals surface area contributed by atoms with Crippen LogP contribution in [0.4, 0.5) is 0 Å². The molecule has 0 unspecified atom stereocenters. The number of aromatic nitrogens is 2.